The van der Waals surface area contributed by atoms with Gasteiger partial charge in [0.25, 0.3) is 5.91 Å². The smallest absolute Gasteiger partial charge is 0.313 e. The lowest BCUT2D eigenvalue weighted by Crippen LogP contribution is -2.42. The average molecular weight is 450 g/mol. The molecule has 7 nitrogen and oxygen atoms in total. The van der Waals surface area contributed by atoms with Crippen LogP contribution in [0.5, 0.6) is 17.2 Å². The maximum Gasteiger partial charge on any atom is 0.313 e. The number of amides is 1. The minimum atomic E-state index is -1.04. The molecule has 0 radical (unpaired) electrons. The molecule has 0 aromatic heterocycles. The van der Waals surface area contributed by atoms with Gasteiger partial charge in [0.1, 0.15) is 11.7 Å². The van der Waals surface area contributed by atoms with Gasteiger partial charge in [-0.2, -0.15) is 0 Å². The molecule has 0 saturated carbocycles. The molecule has 2 atom stereocenters. The summed E-state index contributed by atoms with van der Waals surface area (Å²) in [4.78, 5) is 26.8. The molecule has 1 amide bonds. The predicted molar refractivity (Wildman–Crippen MR) is 105 cm³/mol. The van der Waals surface area contributed by atoms with E-state index in [1.807, 2.05) is 0 Å². The fourth-order valence-electron chi connectivity index (χ4n) is 3.60. The molecule has 1 heterocycles. The Morgan fingerprint density at radius 1 is 1.04 bits per heavy atom. The standard InChI is InChI=1S/C20H20BrNO6/c1-22-18(10-5-6-14(26-2)13(21)7-10)17(20(24)25)11-8-15(27-3)16(28-4)9-12(11)19(22)23/h5-9,17-18H,1-4H3,(H,24,25)/t17-,18+/m0/s1. The number of carbonyl (C=O) groups excluding carboxylic acids is 1. The van der Waals surface area contributed by atoms with E-state index in [2.05, 4.69) is 15.9 Å². The van der Waals surface area contributed by atoms with Gasteiger partial charge < -0.3 is 24.2 Å². The number of carboxylic acid groups (broad SMARTS) is 1. The maximum atomic E-state index is 13.0. The molecule has 28 heavy (non-hydrogen) atoms. The number of nitrogens with zero attached hydrogens (tertiary/aromatic N) is 1. The van der Waals surface area contributed by atoms with Gasteiger partial charge >= 0.3 is 5.97 Å². The van der Waals surface area contributed by atoms with Crippen molar-refractivity contribution in [2.24, 2.45) is 0 Å². The third-order valence-electron chi connectivity index (χ3n) is 4.96. The molecular weight excluding hydrogens is 430 g/mol. The van der Waals surface area contributed by atoms with Crippen molar-refractivity contribution in [1.82, 2.24) is 4.90 Å². The highest BCUT2D eigenvalue weighted by molar-refractivity contribution is 9.10. The van der Waals surface area contributed by atoms with Crippen molar-refractivity contribution in [1.29, 1.82) is 0 Å². The molecular formula is C20H20BrNO6. The van der Waals surface area contributed by atoms with E-state index in [-0.39, 0.29) is 11.5 Å². The van der Waals surface area contributed by atoms with E-state index in [0.29, 0.717) is 32.8 Å². The molecule has 0 spiro atoms. The van der Waals surface area contributed by atoms with Crippen molar-refractivity contribution in [2.75, 3.05) is 28.4 Å². The number of halogens is 1. The topological polar surface area (TPSA) is 85.3 Å². The first kappa shape index (κ1) is 20.0. The van der Waals surface area contributed by atoms with E-state index in [9.17, 15) is 14.7 Å². The van der Waals surface area contributed by atoms with Gasteiger partial charge in [-0.3, -0.25) is 9.59 Å². The van der Waals surface area contributed by atoms with Crippen LogP contribution < -0.4 is 14.2 Å². The van der Waals surface area contributed by atoms with Crippen LogP contribution in [0, 0.1) is 0 Å². The van der Waals surface area contributed by atoms with Crippen molar-refractivity contribution in [3.8, 4) is 17.2 Å². The number of benzene rings is 2. The Balaban J connectivity index is 2.22. The zero-order valence-corrected chi connectivity index (χ0v) is 17.4. The van der Waals surface area contributed by atoms with Crippen molar-refractivity contribution in [3.05, 3.63) is 51.5 Å². The van der Waals surface area contributed by atoms with Crippen LogP contribution in [0.2, 0.25) is 0 Å². The van der Waals surface area contributed by atoms with E-state index in [4.69, 9.17) is 14.2 Å². The van der Waals surface area contributed by atoms with Gasteiger partial charge in [-0.05, 0) is 51.3 Å². The summed E-state index contributed by atoms with van der Waals surface area (Å²) in [5, 5.41) is 10.0. The minimum absolute atomic E-state index is 0.287. The Hall–Kier alpha value is -2.74. The number of ether oxygens (including phenoxy) is 3. The molecule has 8 heteroatoms. The highest BCUT2D eigenvalue weighted by Gasteiger charge is 2.43. The zero-order valence-electron chi connectivity index (χ0n) is 15.9. The minimum Gasteiger partial charge on any atom is -0.496 e. The molecule has 0 bridgehead atoms. The Kier molecular flexibility index (Phi) is 5.51. The van der Waals surface area contributed by atoms with Gasteiger partial charge in [-0.1, -0.05) is 6.07 Å². The second kappa shape index (κ2) is 7.71. The van der Waals surface area contributed by atoms with Crippen LogP contribution in [-0.2, 0) is 4.79 Å². The van der Waals surface area contributed by atoms with Crippen LogP contribution in [0.15, 0.2) is 34.8 Å². The molecule has 1 aliphatic rings. The number of hydrogen-bond acceptors (Lipinski definition) is 5. The molecule has 2 aromatic carbocycles. The molecule has 1 N–H and O–H groups in total. The number of carboxylic acids is 1. The zero-order chi connectivity index (χ0) is 20.6. The van der Waals surface area contributed by atoms with Gasteiger partial charge in [-0.25, -0.2) is 0 Å². The second-order valence-electron chi connectivity index (χ2n) is 6.37. The summed E-state index contributed by atoms with van der Waals surface area (Å²) in [6.07, 6.45) is 0. The Bertz CT molecular complexity index is 945. The number of carbonyl (C=O) groups is 2. The van der Waals surface area contributed by atoms with E-state index < -0.39 is 17.9 Å². The lowest BCUT2D eigenvalue weighted by molar-refractivity contribution is -0.140. The molecule has 3 rings (SSSR count). The summed E-state index contributed by atoms with van der Waals surface area (Å²) in [7, 11) is 6.08. The summed E-state index contributed by atoms with van der Waals surface area (Å²) in [5.74, 6) is -0.933. The summed E-state index contributed by atoms with van der Waals surface area (Å²) in [5.41, 5.74) is 1.36. The number of likely N-dealkylation sites (N-methyl/N-ethyl adjacent to an activating group) is 1. The molecule has 148 valence electrons. The lowest BCUT2D eigenvalue weighted by Gasteiger charge is -2.39. The number of fused-ring (bicyclic) bond motifs is 1. The molecule has 2 aromatic rings. The fourth-order valence-corrected chi connectivity index (χ4v) is 4.16. The number of methoxy groups -OCH3 is 3. The number of hydrogen-bond donors (Lipinski definition) is 1. The van der Waals surface area contributed by atoms with Crippen LogP contribution in [0.1, 0.15) is 33.4 Å². The van der Waals surface area contributed by atoms with Crippen molar-refractivity contribution in [2.45, 2.75) is 12.0 Å². The number of aliphatic carboxylic acids is 1. The van der Waals surface area contributed by atoms with Crippen molar-refractivity contribution < 1.29 is 28.9 Å². The first-order chi connectivity index (χ1) is 13.3. The number of rotatable bonds is 5. The van der Waals surface area contributed by atoms with Gasteiger partial charge in [0.15, 0.2) is 11.5 Å². The largest absolute Gasteiger partial charge is 0.496 e. The van der Waals surface area contributed by atoms with E-state index in [1.54, 1.807) is 38.4 Å². The van der Waals surface area contributed by atoms with Crippen molar-refractivity contribution >= 4 is 27.8 Å². The van der Waals surface area contributed by atoms with Gasteiger partial charge in [-0.15, -0.1) is 0 Å². The predicted octanol–water partition coefficient (Wildman–Crippen LogP) is 3.47. The maximum absolute atomic E-state index is 13.0. The van der Waals surface area contributed by atoms with Crippen LogP contribution in [-0.4, -0.2) is 50.3 Å². The third-order valence-corrected chi connectivity index (χ3v) is 5.58. The lowest BCUT2D eigenvalue weighted by atomic mass is 9.80. The van der Waals surface area contributed by atoms with Crippen LogP contribution >= 0.6 is 15.9 Å². The fraction of sp³-hybridized carbons (Fsp3) is 0.300. The van der Waals surface area contributed by atoms with Crippen LogP contribution in [0.3, 0.4) is 0 Å². The average Bonchev–Trinajstić information content (AvgIpc) is 2.69. The Labute approximate surface area is 170 Å². The first-order valence-corrected chi connectivity index (χ1v) is 9.22. The Morgan fingerprint density at radius 2 is 1.64 bits per heavy atom. The van der Waals surface area contributed by atoms with Crippen LogP contribution in [0.4, 0.5) is 0 Å². The Morgan fingerprint density at radius 3 is 2.18 bits per heavy atom. The molecule has 0 saturated heterocycles. The highest BCUT2D eigenvalue weighted by atomic mass is 79.9. The van der Waals surface area contributed by atoms with Gasteiger partial charge in [0.2, 0.25) is 0 Å². The van der Waals surface area contributed by atoms with E-state index >= 15 is 0 Å². The van der Waals surface area contributed by atoms with Gasteiger partial charge in [0.05, 0.1) is 31.8 Å². The molecule has 0 aliphatic carbocycles. The monoisotopic (exact) mass is 449 g/mol. The van der Waals surface area contributed by atoms with Gasteiger partial charge in [0, 0.05) is 12.6 Å². The summed E-state index contributed by atoms with van der Waals surface area (Å²) in [6.45, 7) is 0. The normalized spacial score (nSPS) is 18.5. The molecule has 1 aliphatic heterocycles. The summed E-state index contributed by atoms with van der Waals surface area (Å²) < 4.78 is 16.5. The highest BCUT2D eigenvalue weighted by Crippen LogP contribution is 2.46. The molecule has 0 fully saturated rings. The third kappa shape index (κ3) is 3.17. The van der Waals surface area contributed by atoms with E-state index in [1.165, 1.54) is 25.2 Å². The van der Waals surface area contributed by atoms with Crippen molar-refractivity contribution in [3.63, 3.8) is 0 Å². The quantitative estimate of drug-likeness (QED) is 0.751. The first-order valence-electron chi connectivity index (χ1n) is 8.43. The second-order valence-corrected chi connectivity index (χ2v) is 7.22. The SMILES string of the molecule is COc1ccc([C@@H]2[C@@H](C(=O)O)c3cc(OC)c(OC)cc3C(=O)N2C)cc1Br. The summed E-state index contributed by atoms with van der Waals surface area (Å²) in [6, 6.07) is 7.68. The summed E-state index contributed by atoms with van der Waals surface area (Å²) >= 11 is 3.43. The molecule has 0 unspecified atom stereocenters. The van der Waals surface area contributed by atoms with Crippen LogP contribution in [0.25, 0.3) is 0 Å². The van der Waals surface area contributed by atoms with E-state index in [0.717, 1.165) is 0 Å².